The average Bonchev–Trinajstić information content (AvgIpc) is 2.50. The van der Waals surface area contributed by atoms with E-state index < -0.39 is 0 Å². The Kier molecular flexibility index (Phi) is 14.2. The molecule has 0 aliphatic rings. The third-order valence-corrected chi connectivity index (χ3v) is 3.57. The summed E-state index contributed by atoms with van der Waals surface area (Å²) in [5.74, 6) is 0.00602. The van der Waals surface area contributed by atoms with Gasteiger partial charge in [0.25, 0.3) is 5.91 Å². The van der Waals surface area contributed by atoms with E-state index in [1.807, 2.05) is 11.0 Å². The van der Waals surface area contributed by atoms with Gasteiger partial charge >= 0.3 is 0 Å². The van der Waals surface area contributed by atoms with Gasteiger partial charge in [-0.05, 0) is 31.3 Å². The fourth-order valence-electron chi connectivity index (χ4n) is 2.17. The molecule has 7 heteroatoms. The first-order chi connectivity index (χ1) is 10.1. The lowest BCUT2D eigenvalue weighted by atomic mass is 10.1. The number of rotatable bonds is 9. The molecule has 1 aromatic carbocycles. The zero-order valence-electron chi connectivity index (χ0n) is 14.2. The highest BCUT2D eigenvalue weighted by Crippen LogP contribution is 2.10. The molecule has 0 heterocycles. The second-order valence-corrected chi connectivity index (χ2v) is 4.94. The predicted octanol–water partition coefficient (Wildman–Crippen LogP) is 2.54. The summed E-state index contributed by atoms with van der Waals surface area (Å²) in [4.78, 5) is 16.7. The highest BCUT2D eigenvalue weighted by molar-refractivity contribution is 5.95. The SMILES string of the molecule is CCN(CC)CCN(CCOC)C(=O)c1cccc(N)c1.Cl.Cl. The molecule has 134 valence electrons. The minimum absolute atomic E-state index is 0. The van der Waals surface area contributed by atoms with Gasteiger partial charge in [0.05, 0.1) is 6.61 Å². The quantitative estimate of drug-likeness (QED) is 0.683. The number of amides is 1. The Bertz CT molecular complexity index is 443. The van der Waals surface area contributed by atoms with Crippen LogP contribution in [0.4, 0.5) is 5.69 Å². The number of likely N-dealkylation sites (N-methyl/N-ethyl adjacent to an activating group) is 1. The molecule has 1 rings (SSSR count). The second kappa shape index (κ2) is 13.4. The number of carbonyl (C=O) groups is 1. The third-order valence-electron chi connectivity index (χ3n) is 3.57. The van der Waals surface area contributed by atoms with Crippen molar-refractivity contribution in [2.24, 2.45) is 0 Å². The Morgan fingerprint density at radius 1 is 1.13 bits per heavy atom. The highest BCUT2D eigenvalue weighted by atomic mass is 35.5. The predicted molar refractivity (Wildman–Crippen MR) is 101 cm³/mol. The molecule has 1 aromatic rings. The van der Waals surface area contributed by atoms with Crippen LogP contribution in [0.5, 0.6) is 0 Å². The van der Waals surface area contributed by atoms with Crippen LogP contribution >= 0.6 is 24.8 Å². The van der Waals surface area contributed by atoms with Crippen LogP contribution in [0, 0.1) is 0 Å². The Labute approximate surface area is 152 Å². The van der Waals surface area contributed by atoms with Crippen LogP contribution in [-0.4, -0.2) is 62.1 Å². The molecule has 0 aromatic heterocycles. The lowest BCUT2D eigenvalue weighted by molar-refractivity contribution is 0.0674. The summed E-state index contributed by atoms with van der Waals surface area (Å²) in [5, 5.41) is 0. The van der Waals surface area contributed by atoms with Crippen molar-refractivity contribution >= 4 is 36.4 Å². The van der Waals surface area contributed by atoms with Crippen molar-refractivity contribution in [1.82, 2.24) is 9.80 Å². The van der Waals surface area contributed by atoms with Gasteiger partial charge in [0.1, 0.15) is 0 Å². The first-order valence-corrected chi connectivity index (χ1v) is 7.48. The van der Waals surface area contributed by atoms with Crippen molar-refractivity contribution in [3.63, 3.8) is 0 Å². The number of nitrogen functional groups attached to an aromatic ring is 1. The number of hydrogen-bond donors (Lipinski definition) is 1. The smallest absolute Gasteiger partial charge is 0.254 e. The first-order valence-electron chi connectivity index (χ1n) is 7.48. The summed E-state index contributed by atoms with van der Waals surface area (Å²) in [6, 6.07) is 7.11. The largest absolute Gasteiger partial charge is 0.399 e. The maximum absolute atomic E-state index is 12.6. The van der Waals surface area contributed by atoms with Crippen molar-refractivity contribution in [2.75, 3.05) is 52.2 Å². The van der Waals surface area contributed by atoms with E-state index in [1.165, 1.54) is 0 Å². The topological polar surface area (TPSA) is 58.8 Å². The molecule has 0 aliphatic carbocycles. The number of carbonyl (C=O) groups excluding carboxylic acids is 1. The maximum atomic E-state index is 12.6. The maximum Gasteiger partial charge on any atom is 0.254 e. The van der Waals surface area contributed by atoms with Gasteiger partial charge < -0.3 is 20.3 Å². The summed E-state index contributed by atoms with van der Waals surface area (Å²) in [6.45, 7) is 8.91. The van der Waals surface area contributed by atoms with Crippen LogP contribution in [0.3, 0.4) is 0 Å². The van der Waals surface area contributed by atoms with Crippen LogP contribution in [0.1, 0.15) is 24.2 Å². The van der Waals surface area contributed by atoms with E-state index in [0.717, 1.165) is 19.6 Å². The molecule has 23 heavy (non-hydrogen) atoms. The molecule has 0 saturated carbocycles. The molecule has 0 radical (unpaired) electrons. The van der Waals surface area contributed by atoms with Gasteiger partial charge in [0.2, 0.25) is 0 Å². The van der Waals surface area contributed by atoms with Crippen LogP contribution in [-0.2, 0) is 4.74 Å². The number of nitrogens with zero attached hydrogens (tertiary/aromatic N) is 2. The molecule has 0 atom stereocenters. The molecule has 0 spiro atoms. The third kappa shape index (κ3) is 8.42. The van der Waals surface area contributed by atoms with Crippen LogP contribution in [0.25, 0.3) is 0 Å². The Morgan fingerprint density at radius 2 is 1.78 bits per heavy atom. The van der Waals surface area contributed by atoms with Gasteiger partial charge in [0, 0.05) is 38.0 Å². The van der Waals surface area contributed by atoms with Crippen molar-refractivity contribution in [3.05, 3.63) is 29.8 Å². The summed E-state index contributed by atoms with van der Waals surface area (Å²) >= 11 is 0. The molecular formula is C16H29Cl2N3O2. The normalized spacial score (nSPS) is 9.91. The molecule has 0 bridgehead atoms. The van der Waals surface area contributed by atoms with E-state index in [4.69, 9.17) is 10.5 Å². The molecule has 0 aliphatic heterocycles. The van der Waals surface area contributed by atoms with Gasteiger partial charge in [-0.25, -0.2) is 0 Å². The van der Waals surface area contributed by atoms with Crippen LogP contribution in [0.15, 0.2) is 24.3 Å². The lowest BCUT2D eigenvalue weighted by Gasteiger charge is -2.26. The van der Waals surface area contributed by atoms with Gasteiger partial charge in [-0.15, -0.1) is 24.8 Å². The fraction of sp³-hybridized carbons (Fsp3) is 0.562. The van der Waals surface area contributed by atoms with Crippen molar-refractivity contribution in [3.8, 4) is 0 Å². The standard InChI is InChI=1S/C16H27N3O2.2ClH/c1-4-18(5-2)9-10-19(11-12-21-3)16(20)14-7-6-8-15(17)13-14;;/h6-8,13H,4-5,9-12,17H2,1-3H3;2*1H. The number of nitrogens with two attached hydrogens (primary N) is 1. The first kappa shape index (κ1) is 24.2. The number of halogens is 2. The molecule has 5 nitrogen and oxygen atoms in total. The minimum Gasteiger partial charge on any atom is -0.399 e. The summed E-state index contributed by atoms with van der Waals surface area (Å²) in [7, 11) is 1.65. The van der Waals surface area contributed by atoms with Gasteiger partial charge in [0.15, 0.2) is 0 Å². The monoisotopic (exact) mass is 365 g/mol. The lowest BCUT2D eigenvalue weighted by Crippen LogP contribution is -2.40. The van der Waals surface area contributed by atoms with E-state index in [-0.39, 0.29) is 30.7 Å². The van der Waals surface area contributed by atoms with E-state index in [2.05, 4.69) is 18.7 Å². The summed E-state index contributed by atoms with van der Waals surface area (Å²) in [5.41, 5.74) is 7.00. The number of methoxy groups -OCH3 is 1. The summed E-state index contributed by atoms with van der Waals surface area (Å²) in [6.07, 6.45) is 0. The number of hydrogen-bond acceptors (Lipinski definition) is 4. The second-order valence-electron chi connectivity index (χ2n) is 4.94. The van der Waals surface area contributed by atoms with Crippen LogP contribution in [0.2, 0.25) is 0 Å². The van der Waals surface area contributed by atoms with E-state index in [0.29, 0.717) is 30.9 Å². The Hall–Kier alpha value is -1.01. The molecule has 0 unspecified atom stereocenters. The van der Waals surface area contributed by atoms with Crippen molar-refractivity contribution in [2.45, 2.75) is 13.8 Å². The molecule has 1 amide bonds. The number of ether oxygens (including phenoxy) is 1. The molecular weight excluding hydrogens is 337 g/mol. The van der Waals surface area contributed by atoms with Crippen molar-refractivity contribution < 1.29 is 9.53 Å². The average molecular weight is 366 g/mol. The number of benzene rings is 1. The van der Waals surface area contributed by atoms with Gasteiger partial charge in [-0.3, -0.25) is 4.79 Å². The van der Waals surface area contributed by atoms with Crippen LogP contribution < -0.4 is 5.73 Å². The highest BCUT2D eigenvalue weighted by Gasteiger charge is 2.16. The summed E-state index contributed by atoms with van der Waals surface area (Å²) < 4.78 is 5.11. The minimum atomic E-state index is 0. The molecule has 2 N–H and O–H groups in total. The number of anilines is 1. The zero-order chi connectivity index (χ0) is 15.7. The van der Waals surface area contributed by atoms with Crippen molar-refractivity contribution in [1.29, 1.82) is 0 Å². The van der Waals surface area contributed by atoms with E-state index in [1.54, 1.807) is 25.3 Å². The van der Waals surface area contributed by atoms with E-state index >= 15 is 0 Å². The Balaban J connectivity index is 0. The van der Waals surface area contributed by atoms with Gasteiger partial charge in [-0.2, -0.15) is 0 Å². The zero-order valence-corrected chi connectivity index (χ0v) is 15.8. The fourth-order valence-corrected chi connectivity index (χ4v) is 2.17. The molecule has 0 fully saturated rings. The van der Waals surface area contributed by atoms with E-state index in [9.17, 15) is 4.79 Å². The molecule has 0 saturated heterocycles. The Morgan fingerprint density at radius 3 is 2.30 bits per heavy atom. The van der Waals surface area contributed by atoms with Gasteiger partial charge in [-0.1, -0.05) is 19.9 Å².